The highest BCUT2D eigenvalue weighted by Gasteiger charge is 2.16. The maximum absolute atomic E-state index is 5.16. The van der Waals surface area contributed by atoms with Gasteiger partial charge in [-0.25, -0.2) is 9.97 Å². The SMILES string of the molecule is COc1ccc(CCNc2ncnc3c2CCC3)cc1. The molecule has 4 nitrogen and oxygen atoms in total. The molecule has 3 rings (SSSR count). The molecule has 0 saturated carbocycles. The van der Waals surface area contributed by atoms with Gasteiger partial charge in [0.25, 0.3) is 0 Å². The predicted octanol–water partition coefficient (Wildman–Crippen LogP) is 2.63. The Kier molecular flexibility index (Phi) is 3.81. The van der Waals surface area contributed by atoms with Crippen molar-refractivity contribution in [1.29, 1.82) is 0 Å². The minimum Gasteiger partial charge on any atom is -0.497 e. The fourth-order valence-corrected chi connectivity index (χ4v) is 2.63. The van der Waals surface area contributed by atoms with Gasteiger partial charge in [-0.15, -0.1) is 0 Å². The van der Waals surface area contributed by atoms with E-state index in [-0.39, 0.29) is 0 Å². The first-order valence-corrected chi connectivity index (χ1v) is 7.06. The van der Waals surface area contributed by atoms with Crippen LogP contribution < -0.4 is 10.1 Å². The predicted molar refractivity (Wildman–Crippen MR) is 79.2 cm³/mol. The summed E-state index contributed by atoms with van der Waals surface area (Å²) in [7, 11) is 1.69. The fourth-order valence-electron chi connectivity index (χ4n) is 2.63. The number of methoxy groups -OCH3 is 1. The van der Waals surface area contributed by atoms with Gasteiger partial charge in [-0.1, -0.05) is 12.1 Å². The van der Waals surface area contributed by atoms with Gasteiger partial charge in [0, 0.05) is 17.8 Å². The molecule has 0 radical (unpaired) electrons. The smallest absolute Gasteiger partial charge is 0.132 e. The molecule has 1 heterocycles. The lowest BCUT2D eigenvalue weighted by molar-refractivity contribution is 0.414. The maximum Gasteiger partial charge on any atom is 0.132 e. The number of aryl methyl sites for hydroxylation is 1. The van der Waals surface area contributed by atoms with Gasteiger partial charge in [-0.3, -0.25) is 0 Å². The summed E-state index contributed by atoms with van der Waals surface area (Å²) in [6.07, 6.45) is 6.02. The highest BCUT2D eigenvalue weighted by molar-refractivity contribution is 5.48. The summed E-state index contributed by atoms with van der Waals surface area (Å²) >= 11 is 0. The zero-order valence-corrected chi connectivity index (χ0v) is 11.7. The Morgan fingerprint density at radius 3 is 2.80 bits per heavy atom. The molecule has 1 aromatic carbocycles. The third-order valence-corrected chi connectivity index (χ3v) is 3.74. The minimum absolute atomic E-state index is 0.885. The van der Waals surface area contributed by atoms with Gasteiger partial charge in [0.05, 0.1) is 7.11 Å². The van der Waals surface area contributed by atoms with Crippen LogP contribution in [-0.2, 0) is 19.3 Å². The lowest BCUT2D eigenvalue weighted by Crippen LogP contribution is -2.09. The molecule has 0 atom stereocenters. The number of hydrogen-bond donors (Lipinski definition) is 1. The van der Waals surface area contributed by atoms with E-state index in [2.05, 4.69) is 27.4 Å². The monoisotopic (exact) mass is 269 g/mol. The molecular formula is C16H19N3O. The first-order chi connectivity index (χ1) is 9.86. The van der Waals surface area contributed by atoms with Crippen LogP contribution in [0.15, 0.2) is 30.6 Å². The van der Waals surface area contributed by atoms with E-state index in [0.717, 1.165) is 37.4 Å². The van der Waals surface area contributed by atoms with Crippen molar-refractivity contribution in [3.05, 3.63) is 47.4 Å². The normalized spacial score (nSPS) is 13.1. The van der Waals surface area contributed by atoms with Crippen LogP contribution in [0.4, 0.5) is 5.82 Å². The quantitative estimate of drug-likeness (QED) is 0.906. The molecule has 20 heavy (non-hydrogen) atoms. The molecule has 2 aromatic rings. The molecule has 104 valence electrons. The van der Waals surface area contributed by atoms with Crippen LogP contribution in [0, 0.1) is 0 Å². The molecule has 1 aliphatic carbocycles. The van der Waals surface area contributed by atoms with Crippen LogP contribution in [0.5, 0.6) is 5.75 Å². The largest absolute Gasteiger partial charge is 0.497 e. The lowest BCUT2D eigenvalue weighted by Gasteiger charge is -2.09. The summed E-state index contributed by atoms with van der Waals surface area (Å²) < 4.78 is 5.16. The summed E-state index contributed by atoms with van der Waals surface area (Å²) in [4.78, 5) is 8.71. The topological polar surface area (TPSA) is 47.0 Å². The van der Waals surface area contributed by atoms with Gasteiger partial charge in [0.15, 0.2) is 0 Å². The molecule has 0 saturated heterocycles. The summed E-state index contributed by atoms with van der Waals surface area (Å²) in [5, 5.41) is 3.44. The van der Waals surface area contributed by atoms with E-state index in [4.69, 9.17) is 4.74 Å². The van der Waals surface area contributed by atoms with E-state index in [1.165, 1.54) is 23.2 Å². The van der Waals surface area contributed by atoms with Gasteiger partial charge < -0.3 is 10.1 Å². The van der Waals surface area contributed by atoms with Crippen molar-refractivity contribution in [2.75, 3.05) is 19.0 Å². The first kappa shape index (κ1) is 12.9. The average Bonchev–Trinajstić information content (AvgIpc) is 2.97. The molecule has 0 spiro atoms. The van der Waals surface area contributed by atoms with Gasteiger partial charge in [0.1, 0.15) is 17.9 Å². The molecule has 1 N–H and O–H groups in total. The second kappa shape index (κ2) is 5.90. The summed E-state index contributed by atoms with van der Waals surface area (Å²) in [6, 6.07) is 8.20. The van der Waals surface area contributed by atoms with Crippen molar-refractivity contribution in [3.63, 3.8) is 0 Å². The number of benzene rings is 1. The van der Waals surface area contributed by atoms with Crippen LogP contribution in [0.3, 0.4) is 0 Å². The van der Waals surface area contributed by atoms with Gasteiger partial charge in [-0.05, 0) is 43.4 Å². The highest BCUT2D eigenvalue weighted by Crippen LogP contribution is 2.24. The number of nitrogens with zero attached hydrogens (tertiary/aromatic N) is 2. The maximum atomic E-state index is 5.16. The molecule has 0 amide bonds. The van der Waals surface area contributed by atoms with Crippen molar-refractivity contribution < 1.29 is 4.74 Å². The third-order valence-electron chi connectivity index (χ3n) is 3.74. The number of aromatic nitrogens is 2. The third kappa shape index (κ3) is 2.74. The number of hydrogen-bond acceptors (Lipinski definition) is 4. The van der Waals surface area contributed by atoms with Crippen LogP contribution in [0.25, 0.3) is 0 Å². The minimum atomic E-state index is 0.885. The first-order valence-electron chi connectivity index (χ1n) is 7.06. The number of fused-ring (bicyclic) bond motifs is 1. The summed E-state index contributed by atoms with van der Waals surface area (Å²) in [6.45, 7) is 0.885. The second-order valence-electron chi connectivity index (χ2n) is 5.03. The molecule has 0 aliphatic heterocycles. The second-order valence-corrected chi connectivity index (χ2v) is 5.03. The van der Waals surface area contributed by atoms with E-state index in [9.17, 15) is 0 Å². The van der Waals surface area contributed by atoms with E-state index in [1.807, 2.05) is 12.1 Å². The van der Waals surface area contributed by atoms with E-state index >= 15 is 0 Å². The average molecular weight is 269 g/mol. The number of ether oxygens (including phenoxy) is 1. The fraction of sp³-hybridized carbons (Fsp3) is 0.375. The molecule has 1 aliphatic rings. The van der Waals surface area contributed by atoms with Crippen LogP contribution >= 0.6 is 0 Å². The highest BCUT2D eigenvalue weighted by atomic mass is 16.5. The van der Waals surface area contributed by atoms with Gasteiger partial charge >= 0.3 is 0 Å². The van der Waals surface area contributed by atoms with Gasteiger partial charge in [0.2, 0.25) is 0 Å². The van der Waals surface area contributed by atoms with Gasteiger partial charge in [-0.2, -0.15) is 0 Å². The Morgan fingerprint density at radius 2 is 2.00 bits per heavy atom. The standard InChI is InChI=1S/C16H19N3O/c1-20-13-7-5-12(6-8-13)9-10-17-16-14-3-2-4-15(14)18-11-19-16/h5-8,11H,2-4,9-10H2,1H3,(H,17,18,19). The number of anilines is 1. The summed E-state index contributed by atoms with van der Waals surface area (Å²) in [5.74, 6) is 1.91. The van der Waals surface area contributed by atoms with Crippen molar-refractivity contribution in [1.82, 2.24) is 9.97 Å². The number of rotatable bonds is 5. The van der Waals surface area contributed by atoms with Crippen molar-refractivity contribution >= 4 is 5.82 Å². The number of nitrogens with one attached hydrogen (secondary N) is 1. The van der Waals surface area contributed by atoms with Crippen LogP contribution in [0.2, 0.25) is 0 Å². The van der Waals surface area contributed by atoms with Crippen LogP contribution in [0.1, 0.15) is 23.2 Å². The molecule has 0 bridgehead atoms. The molecule has 4 heteroatoms. The Labute approximate surface area is 119 Å². The Morgan fingerprint density at radius 1 is 1.15 bits per heavy atom. The Balaban J connectivity index is 1.58. The van der Waals surface area contributed by atoms with E-state index in [0.29, 0.717) is 0 Å². The lowest BCUT2D eigenvalue weighted by atomic mass is 10.1. The molecule has 0 fully saturated rings. The van der Waals surface area contributed by atoms with Crippen molar-refractivity contribution in [2.45, 2.75) is 25.7 Å². The van der Waals surface area contributed by atoms with Crippen molar-refractivity contribution in [3.8, 4) is 5.75 Å². The van der Waals surface area contributed by atoms with Crippen LogP contribution in [-0.4, -0.2) is 23.6 Å². The van der Waals surface area contributed by atoms with E-state index < -0.39 is 0 Å². The van der Waals surface area contributed by atoms with Crippen molar-refractivity contribution in [2.24, 2.45) is 0 Å². The Bertz CT molecular complexity index is 581. The summed E-state index contributed by atoms with van der Waals surface area (Å²) in [5.41, 5.74) is 3.82. The zero-order valence-electron chi connectivity index (χ0n) is 11.7. The van der Waals surface area contributed by atoms with E-state index in [1.54, 1.807) is 13.4 Å². The molecule has 0 unspecified atom stereocenters. The zero-order chi connectivity index (χ0) is 13.8. The Hall–Kier alpha value is -2.10. The molecule has 1 aromatic heterocycles. The molecular weight excluding hydrogens is 250 g/mol.